The van der Waals surface area contributed by atoms with Crippen molar-refractivity contribution in [2.45, 2.75) is 64.6 Å². The lowest BCUT2D eigenvalue weighted by atomic mass is 9.91. The summed E-state index contributed by atoms with van der Waals surface area (Å²) >= 11 is 0. The maximum absolute atomic E-state index is 4.39. The van der Waals surface area contributed by atoms with Crippen molar-refractivity contribution in [2.75, 3.05) is 11.4 Å². The number of nitrogens with one attached hydrogen (secondary N) is 1. The lowest BCUT2D eigenvalue weighted by Gasteiger charge is -2.40. The molecule has 110 valence electrons. The fourth-order valence-corrected chi connectivity index (χ4v) is 3.89. The Kier molecular flexibility index (Phi) is 4.25. The van der Waals surface area contributed by atoms with Crippen LogP contribution in [-0.2, 0) is 6.54 Å². The summed E-state index contributed by atoms with van der Waals surface area (Å²) in [5.74, 6) is 0.926. The second-order valence-corrected chi connectivity index (χ2v) is 6.63. The number of rotatable bonds is 4. The summed E-state index contributed by atoms with van der Waals surface area (Å²) in [5.41, 5.74) is 2.78. The minimum absolute atomic E-state index is 0.525. The number of piperidine rings is 1. The molecule has 1 saturated carbocycles. The standard InChI is InChI=1S/C17H27N3/c1-13(2)19-11-15-8-9-18-12-17(15)20-10-4-6-14-5-3-7-16(14)20/h8-9,12-14,16,19H,3-7,10-11H2,1-2H3. The Bertz CT molecular complexity index is 444. The number of nitrogens with zero attached hydrogens (tertiary/aromatic N) is 2. The van der Waals surface area contributed by atoms with Crippen LogP contribution in [0.5, 0.6) is 0 Å². The van der Waals surface area contributed by atoms with Gasteiger partial charge in [0.15, 0.2) is 0 Å². The molecule has 0 radical (unpaired) electrons. The maximum atomic E-state index is 4.39. The molecule has 3 nitrogen and oxygen atoms in total. The van der Waals surface area contributed by atoms with Crippen LogP contribution < -0.4 is 10.2 Å². The molecule has 0 spiro atoms. The first-order chi connectivity index (χ1) is 9.75. The van der Waals surface area contributed by atoms with Gasteiger partial charge >= 0.3 is 0 Å². The van der Waals surface area contributed by atoms with Crippen molar-refractivity contribution >= 4 is 5.69 Å². The monoisotopic (exact) mass is 273 g/mol. The molecule has 2 unspecified atom stereocenters. The van der Waals surface area contributed by atoms with Gasteiger partial charge in [-0.1, -0.05) is 20.3 Å². The Labute approximate surface area is 122 Å². The second kappa shape index (κ2) is 6.13. The van der Waals surface area contributed by atoms with Crippen molar-refractivity contribution in [1.82, 2.24) is 10.3 Å². The van der Waals surface area contributed by atoms with Crippen molar-refractivity contribution in [1.29, 1.82) is 0 Å². The highest BCUT2D eigenvalue weighted by molar-refractivity contribution is 5.53. The largest absolute Gasteiger partial charge is 0.367 e. The Morgan fingerprint density at radius 2 is 2.15 bits per heavy atom. The van der Waals surface area contributed by atoms with E-state index in [0.29, 0.717) is 6.04 Å². The summed E-state index contributed by atoms with van der Waals surface area (Å²) in [6, 6.07) is 3.48. The molecule has 2 heterocycles. The Morgan fingerprint density at radius 1 is 1.30 bits per heavy atom. The summed E-state index contributed by atoms with van der Waals surface area (Å²) in [5, 5.41) is 3.55. The lowest BCUT2D eigenvalue weighted by molar-refractivity contribution is 0.361. The average molecular weight is 273 g/mol. The summed E-state index contributed by atoms with van der Waals surface area (Å²) in [7, 11) is 0. The predicted molar refractivity (Wildman–Crippen MR) is 83.9 cm³/mol. The molecule has 20 heavy (non-hydrogen) atoms. The summed E-state index contributed by atoms with van der Waals surface area (Å²) in [6.07, 6.45) is 11.0. The number of aromatic nitrogens is 1. The van der Waals surface area contributed by atoms with E-state index >= 15 is 0 Å². The summed E-state index contributed by atoms with van der Waals surface area (Å²) in [6.45, 7) is 6.56. The first-order valence-electron chi connectivity index (χ1n) is 8.18. The number of hydrogen-bond donors (Lipinski definition) is 1. The van der Waals surface area contributed by atoms with Gasteiger partial charge in [-0.2, -0.15) is 0 Å². The molecule has 2 atom stereocenters. The molecule has 1 saturated heterocycles. The second-order valence-electron chi connectivity index (χ2n) is 6.63. The highest BCUT2D eigenvalue weighted by Gasteiger charge is 2.35. The van der Waals surface area contributed by atoms with Gasteiger partial charge in [0.25, 0.3) is 0 Å². The maximum Gasteiger partial charge on any atom is 0.0600 e. The van der Waals surface area contributed by atoms with Gasteiger partial charge in [0.1, 0.15) is 0 Å². The zero-order valence-electron chi connectivity index (χ0n) is 12.8. The van der Waals surface area contributed by atoms with Crippen LogP contribution in [0.15, 0.2) is 18.5 Å². The van der Waals surface area contributed by atoms with Gasteiger partial charge in [-0.25, -0.2) is 0 Å². The fourth-order valence-electron chi connectivity index (χ4n) is 3.89. The van der Waals surface area contributed by atoms with Gasteiger partial charge in [-0.05, 0) is 43.2 Å². The molecule has 1 aliphatic carbocycles. The van der Waals surface area contributed by atoms with Crippen LogP contribution in [0.1, 0.15) is 51.5 Å². The lowest BCUT2D eigenvalue weighted by Crippen LogP contribution is -2.43. The first-order valence-corrected chi connectivity index (χ1v) is 8.18. The smallest absolute Gasteiger partial charge is 0.0600 e. The topological polar surface area (TPSA) is 28.2 Å². The van der Waals surface area contributed by atoms with Gasteiger partial charge in [0.2, 0.25) is 0 Å². The third-order valence-electron chi connectivity index (χ3n) is 4.89. The minimum Gasteiger partial charge on any atom is -0.367 e. The predicted octanol–water partition coefficient (Wildman–Crippen LogP) is 3.35. The first kappa shape index (κ1) is 13.9. The van der Waals surface area contributed by atoms with Crippen molar-refractivity contribution < 1.29 is 0 Å². The van der Waals surface area contributed by atoms with Crippen LogP contribution in [0.4, 0.5) is 5.69 Å². The third-order valence-corrected chi connectivity index (χ3v) is 4.89. The van der Waals surface area contributed by atoms with Crippen LogP contribution in [-0.4, -0.2) is 23.6 Å². The molecule has 1 aromatic heterocycles. The molecule has 0 bridgehead atoms. The van der Waals surface area contributed by atoms with Crippen LogP contribution in [0.25, 0.3) is 0 Å². The van der Waals surface area contributed by atoms with Crippen LogP contribution >= 0.6 is 0 Å². The van der Waals surface area contributed by atoms with E-state index in [4.69, 9.17) is 0 Å². The molecule has 1 aromatic rings. The van der Waals surface area contributed by atoms with E-state index in [1.165, 1.54) is 49.9 Å². The van der Waals surface area contributed by atoms with Crippen molar-refractivity contribution in [3.63, 3.8) is 0 Å². The van der Waals surface area contributed by atoms with Gasteiger partial charge in [0, 0.05) is 31.4 Å². The van der Waals surface area contributed by atoms with E-state index in [9.17, 15) is 0 Å². The van der Waals surface area contributed by atoms with Crippen molar-refractivity contribution in [3.8, 4) is 0 Å². The highest BCUT2D eigenvalue weighted by Crippen LogP contribution is 2.39. The molecule has 2 aliphatic rings. The van der Waals surface area contributed by atoms with Crippen LogP contribution in [0.2, 0.25) is 0 Å². The molecule has 3 heteroatoms. The zero-order chi connectivity index (χ0) is 13.9. The van der Waals surface area contributed by atoms with E-state index in [1.54, 1.807) is 0 Å². The minimum atomic E-state index is 0.525. The van der Waals surface area contributed by atoms with Crippen LogP contribution in [0, 0.1) is 5.92 Å². The normalized spacial score (nSPS) is 26.1. The SMILES string of the molecule is CC(C)NCc1ccncc1N1CCCC2CCCC21. The molecule has 1 N–H and O–H groups in total. The molecule has 1 aliphatic heterocycles. The zero-order valence-corrected chi connectivity index (χ0v) is 12.8. The molecule has 3 rings (SSSR count). The van der Waals surface area contributed by atoms with Crippen molar-refractivity contribution in [3.05, 3.63) is 24.0 Å². The Morgan fingerprint density at radius 3 is 3.00 bits per heavy atom. The Balaban J connectivity index is 1.81. The van der Waals surface area contributed by atoms with Gasteiger partial charge in [-0.15, -0.1) is 0 Å². The molecule has 2 fully saturated rings. The molecule has 0 aromatic carbocycles. The van der Waals surface area contributed by atoms with Gasteiger partial charge < -0.3 is 10.2 Å². The number of pyridine rings is 1. The van der Waals surface area contributed by atoms with Gasteiger partial charge in [-0.3, -0.25) is 4.98 Å². The number of hydrogen-bond acceptors (Lipinski definition) is 3. The fraction of sp³-hybridized carbons (Fsp3) is 0.706. The third kappa shape index (κ3) is 2.83. The summed E-state index contributed by atoms with van der Waals surface area (Å²) in [4.78, 5) is 7.05. The molecular weight excluding hydrogens is 246 g/mol. The molecule has 0 amide bonds. The van der Waals surface area contributed by atoms with Crippen molar-refractivity contribution in [2.24, 2.45) is 5.92 Å². The quantitative estimate of drug-likeness (QED) is 0.912. The van der Waals surface area contributed by atoms with Crippen LogP contribution in [0.3, 0.4) is 0 Å². The van der Waals surface area contributed by atoms with E-state index in [2.05, 4.69) is 41.3 Å². The van der Waals surface area contributed by atoms with E-state index < -0.39 is 0 Å². The number of anilines is 1. The number of fused-ring (bicyclic) bond motifs is 1. The molecular formula is C17H27N3. The van der Waals surface area contributed by atoms with Gasteiger partial charge in [0.05, 0.1) is 11.9 Å². The summed E-state index contributed by atoms with van der Waals surface area (Å²) < 4.78 is 0. The van der Waals surface area contributed by atoms with E-state index in [1.807, 2.05) is 6.20 Å². The van der Waals surface area contributed by atoms with E-state index in [-0.39, 0.29) is 0 Å². The Hall–Kier alpha value is -1.09. The highest BCUT2D eigenvalue weighted by atomic mass is 15.2. The van der Waals surface area contributed by atoms with E-state index in [0.717, 1.165) is 18.5 Å². The average Bonchev–Trinajstić information content (AvgIpc) is 2.93.